The molecule has 0 aliphatic heterocycles. The molecule has 2 aromatic heterocycles. The highest BCUT2D eigenvalue weighted by atomic mass is 16.3. The summed E-state index contributed by atoms with van der Waals surface area (Å²) in [5.74, 6) is 1.04. The Morgan fingerprint density at radius 2 is 2.09 bits per heavy atom. The molecule has 5 nitrogen and oxygen atoms in total. The molecule has 0 bridgehead atoms. The summed E-state index contributed by atoms with van der Waals surface area (Å²) in [6.45, 7) is 3.70. The highest BCUT2D eigenvalue weighted by Crippen LogP contribution is 2.21. The molecule has 0 unspecified atom stereocenters. The quantitative estimate of drug-likeness (QED) is 0.778. The summed E-state index contributed by atoms with van der Waals surface area (Å²) in [7, 11) is 1.98. The van der Waals surface area contributed by atoms with Gasteiger partial charge in [-0.1, -0.05) is 6.07 Å². The van der Waals surface area contributed by atoms with E-state index in [9.17, 15) is 9.90 Å². The minimum atomic E-state index is -0.753. The number of aryl methyl sites for hydroxylation is 3. The van der Waals surface area contributed by atoms with Gasteiger partial charge in [-0.2, -0.15) is 0 Å². The normalized spacial score (nSPS) is 12.5. The number of nitrogens with one attached hydrogen (secondary N) is 1. The second-order valence-corrected chi connectivity index (χ2v) is 5.80. The van der Waals surface area contributed by atoms with Crippen molar-refractivity contribution in [2.45, 2.75) is 20.0 Å². The molecule has 0 saturated heterocycles. The van der Waals surface area contributed by atoms with Gasteiger partial charge in [-0.15, -0.1) is 0 Å². The fourth-order valence-electron chi connectivity index (χ4n) is 2.77. The average Bonchev–Trinajstić information content (AvgIpc) is 3.06. The first-order chi connectivity index (χ1) is 11.0. The molecule has 3 aromatic rings. The Morgan fingerprint density at radius 1 is 1.30 bits per heavy atom. The summed E-state index contributed by atoms with van der Waals surface area (Å²) in [6, 6.07) is 9.50. The summed E-state index contributed by atoms with van der Waals surface area (Å²) in [5.41, 5.74) is 2.40. The number of hydrogen-bond donors (Lipinski definition) is 2. The van der Waals surface area contributed by atoms with Gasteiger partial charge in [-0.3, -0.25) is 4.79 Å². The van der Waals surface area contributed by atoms with E-state index in [1.165, 1.54) is 0 Å². The molecule has 0 radical (unpaired) electrons. The van der Waals surface area contributed by atoms with E-state index in [2.05, 4.69) is 5.32 Å². The standard InChI is InChI=1S/C18H20N2O3/c1-11-8-15(12(2)23-11)18(22)19-10-17(21)14-4-5-16-13(9-14)6-7-20(16)3/h4-9,17,21H,10H2,1-3H3,(H,19,22)/t17-/m0/s1. The third kappa shape index (κ3) is 3.00. The zero-order chi connectivity index (χ0) is 16.6. The van der Waals surface area contributed by atoms with Crippen molar-refractivity contribution in [2.75, 3.05) is 6.54 Å². The number of carbonyl (C=O) groups excluding carboxylic acids is 1. The summed E-state index contributed by atoms with van der Waals surface area (Å²) >= 11 is 0. The molecule has 1 aromatic carbocycles. The van der Waals surface area contributed by atoms with Crippen molar-refractivity contribution in [3.63, 3.8) is 0 Å². The van der Waals surface area contributed by atoms with E-state index in [0.717, 1.165) is 16.5 Å². The molecular weight excluding hydrogens is 292 g/mol. The Balaban J connectivity index is 1.69. The van der Waals surface area contributed by atoms with Crippen LogP contribution in [-0.2, 0) is 7.05 Å². The van der Waals surface area contributed by atoms with Crippen molar-refractivity contribution in [1.82, 2.24) is 9.88 Å². The van der Waals surface area contributed by atoms with Crippen LogP contribution in [-0.4, -0.2) is 22.1 Å². The van der Waals surface area contributed by atoms with Crippen LogP contribution in [0.3, 0.4) is 0 Å². The van der Waals surface area contributed by atoms with E-state index in [0.29, 0.717) is 17.1 Å². The van der Waals surface area contributed by atoms with Gasteiger partial charge in [0.1, 0.15) is 11.5 Å². The fourth-order valence-corrected chi connectivity index (χ4v) is 2.77. The monoisotopic (exact) mass is 312 g/mol. The maximum atomic E-state index is 12.1. The molecule has 120 valence electrons. The zero-order valence-corrected chi connectivity index (χ0v) is 13.5. The molecule has 23 heavy (non-hydrogen) atoms. The number of rotatable bonds is 4. The molecule has 3 rings (SSSR count). The Morgan fingerprint density at radius 3 is 2.78 bits per heavy atom. The van der Waals surface area contributed by atoms with Gasteiger partial charge in [-0.05, 0) is 49.1 Å². The van der Waals surface area contributed by atoms with Gasteiger partial charge in [0.25, 0.3) is 5.91 Å². The third-order valence-corrected chi connectivity index (χ3v) is 4.04. The van der Waals surface area contributed by atoms with Crippen LogP contribution in [0.5, 0.6) is 0 Å². The van der Waals surface area contributed by atoms with Crippen LogP contribution in [0.1, 0.15) is 33.5 Å². The van der Waals surface area contributed by atoms with Crippen molar-refractivity contribution >= 4 is 16.8 Å². The number of carbonyl (C=O) groups is 1. The lowest BCUT2D eigenvalue weighted by Crippen LogP contribution is -2.28. The molecule has 2 heterocycles. The van der Waals surface area contributed by atoms with E-state index in [4.69, 9.17) is 4.42 Å². The maximum absolute atomic E-state index is 12.1. The van der Waals surface area contributed by atoms with Crippen molar-refractivity contribution in [3.05, 3.63) is 59.2 Å². The number of aliphatic hydroxyl groups excluding tert-OH is 1. The minimum absolute atomic E-state index is 0.154. The summed E-state index contributed by atoms with van der Waals surface area (Å²) < 4.78 is 7.38. The van der Waals surface area contributed by atoms with Crippen molar-refractivity contribution in [1.29, 1.82) is 0 Å². The lowest BCUT2D eigenvalue weighted by Gasteiger charge is -2.12. The molecule has 1 atom stereocenters. The number of aromatic nitrogens is 1. The molecule has 0 fully saturated rings. The van der Waals surface area contributed by atoms with Crippen molar-refractivity contribution < 1.29 is 14.3 Å². The number of amides is 1. The van der Waals surface area contributed by atoms with Crippen LogP contribution in [0.4, 0.5) is 0 Å². The summed E-state index contributed by atoms with van der Waals surface area (Å²) in [5, 5.41) is 14.1. The Hall–Kier alpha value is -2.53. The Labute approximate surface area is 134 Å². The first-order valence-corrected chi connectivity index (χ1v) is 7.54. The minimum Gasteiger partial charge on any atom is -0.466 e. The van der Waals surface area contributed by atoms with Crippen molar-refractivity contribution in [3.8, 4) is 0 Å². The SMILES string of the molecule is Cc1cc(C(=O)NC[C@H](O)c2ccc3c(ccn3C)c2)c(C)o1. The average molecular weight is 312 g/mol. The topological polar surface area (TPSA) is 67.4 Å². The van der Waals surface area contributed by atoms with Crippen LogP contribution in [0.15, 0.2) is 40.9 Å². The molecule has 5 heteroatoms. The highest BCUT2D eigenvalue weighted by Gasteiger charge is 2.15. The van der Waals surface area contributed by atoms with E-state index in [1.807, 2.05) is 42.1 Å². The number of hydrogen-bond acceptors (Lipinski definition) is 3. The summed E-state index contributed by atoms with van der Waals surface area (Å²) in [4.78, 5) is 12.1. The van der Waals surface area contributed by atoms with Gasteiger partial charge < -0.3 is 19.4 Å². The van der Waals surface area contributed by atoms with Gasteiger partial charge >= 0.3 is 0 Å². The molecule has 2 N–H and O–H groups in total. The number of fused-ring (bicyclic) bond motifs is 1. The van der Waals surface area contributed by atoms with E-state index < -0.39 is 6.10 Å². The Kier molecular flexibility index (Phi) is 3.96. The van der Waals surface area contributed by atoms with Crippen LogP contribution in [0.2, 0.25) is 0 Å². The fraction of sp³-hybridized carbons (Fsp3) is 0.278. The second kappa shape index (κ2) is 5.93. The molecule has 1 amide bonds. The van der Waals surface area contributed by atoms with Gasteiger partial charge in [0, 0.05) is 25.3 Å². The van der Waals surface area contributed by atoms with E-state index in [-0.39, 0.29) is 12.5 Å². The first-order valence-electron chi connectivity index (χ1n) is 7.54. The van der Waals surface area contributed by atoms with Gasteiger partial charge in [-0.25, -0.2) is 0 Å². The molecule has 0 saturated carbocycles. The van der Waals surface area contributed by atoms with Gasteiger partial charge in [0.05, 0.1) is 11.7 Å². The smallest absolute Gasteiger partial charge is 0.254 e. The Bertz CT molecular complexity index is 860. The van der Waals surface area contributed by atoms with Crippen molar-refractivity contribution in [2.24, 2.45) is 7.05 Å². The van der Waals surface area contributed by atoms with Crippen LogP contribution < -0.4 is 5.32 Å². The van der Waals surface area contributed by atoms with E-state index >= 15 is 0 Å². The largest absolute Gasteiger partial charge is 0.466 e. The first kappa shape index (κ1) is 15.4. The number of furan rings is 1. The summed E-state index contributed by atoms with van der Waals surface area (Å²) in [6.07, 6.45) is 1.23. The zero-order valence-electron chi connectivity index (χ0n) is 13.5. The third-order valence-electron chi connectivity index (χ3n) is 4.04. The number of nitrogens with zero attached hydrogens (tertiary/aromatic N) is 1. The second-order valence-electron chi connectivity index (χ2n) is 5.80. The predicted octanol–water partition coefficient (Wildman–Crippen LogP) is 2.85. The van der Waals surface area contributed by atoms with Crippen LogP contribution in [0.25, 0.3) is 10.9 Å². The van der Waals surface area contributed by atoms with Gasteiger partial charge in [0.15, 0.2) is 0 Å². The van der Waals surface area contributed by atoms with E-state index in [1.54, 1.807) is 19.9 Å². The van der Waals surface area contributed by atoms with Crippen LogP contribution >= 0.6 is 0 Å². The number of aliphatic hydroxyl groups is 1. The maximum Gasteiger partial charge on any atom is 0.254 e. The molecular formula is C18H20N2O3. The number of benzene rings is 1. The lowest BCUT2D eigenvalue weighted by atomic mass is 10.1. The molecule has 0 spiro atoms. The molecule has 0 aliphatic carbocycles. The highest BCUT2D eigenvalue weighted by molar-refractivity contribution is 5.95. The van der Waals surface area contributed by atoms with Gasteiger partial charge in [0.2, 0.25) is 0 Å². The predicted molar refractivity (Wildman–Crippen MR) is 88.4 cm³/mol. The lowest BCUT2D eigenvalue weighted by molar-refractivity contribution is 0.0915. The molecule has 0 aliphatic rings. The van der Waals surface area contributed by atoms with Crippen LogP contribution in [0, 0.1) is 13.8 Å².